The molecule has 134 valence electrons. The summed E-state index contributed by atoms with van der Waals surface area (Å²) >= 11 is 1.24. The van der Waals surface area contributed by atoms with Gasteiger partial charge in [0.05, 0.1) is 12.8 Å². The molecule has 0 aliphatic carbocycles. The Morgan fingerprint density at radius 2 is 2.00 bits per heavy atom. The third-order valence-electron chi connectivity index (χ3n) is 4.34. The summed E-state index contributed by atoms with van der Waals surface area (Å²) in [6.07, 6.45) is 2.31. The van der Waals surface area contributed by atoms with Crippen molar-refractivity contribution in [3.05, 3.63) is 59.2 Å². The van der Waals surface area contributed by atoms with Gasteiger partial charge < -0.3 is 4.74 Å². The molecule has 0 saturated carbocycles. The number of aromatic nitrogens is 2. The lowest BCUT2D eigenvalue weighted by Crippen LogP contribution is -2.36. The summed E-state index contributed by atoms with van der Waals surface area (Å²) in [7, 11) is -1.82. The van der Waals surface area contributed by atoms with E-state index in [0.29, 0.717) is 29.5 Å². The van der Waals surface area contributed by atoms with Crippen LogP contribution in [0.5, 0.6) is 5.75 Å². The van der Waals surface area contributed by atoms with E-state index in [1.165, 1.54) is 15.6 Å². The van der Waals surface area contributed by atoms with Gasteiger partial charge in [-0.05, 0) is 35.7 Å². The number of benzene rings is 1. The SMILES string of the molecule is COc1ccc(-c2ncc3c(n2)CCN(S(=O)(=O)c2cccs2)C3)cc1. The molecule has 0 amide bonds. The van der Waals surface area contributed by atoms with Crippen molar-refractivity contribution in [3.8, 4) is 17.1 Å². The van der Waals surface area contributed by atoms with Crippen LogP contribution >= 0.6 is 11.3 Å². The van der Waals surface area contributed by atoms with Crippen LogP contribution < -0.4 is 4.74 Å². The highest BCUT2D eigenvalue weighted by Crippen LogP contribution is 2.27. The zero-order chi connectivity index (χ0) is 18.1. The summed E-state index contributed by atoms with van der Waals surface area (Å²) in [5.74, 6) is 1.42. The Bertz CT molecular complexity index is 1020. The summed E-state index contributed by atoms with van der Waals surface area (Å²) in [5, 5.41) is 1.77. The van der Waals surface area contributed by atoms with E-state index in [-0.39, 0.29) is 0 Å². The highest BCUT2D eigenvalue weighted by molar-refractivity contribution is 7.91. The molecule has 0 fully saturated rings. The zero-order valence-electron chi connectivity index (χ0n) is 14.1. The fourth-order valence-corrected chi connectivity index (χ4v) is 5.48. The summed E-state index contributed by atoms with van der Waals surface area (Å²) in [4.78, 5) is 9.07. The fourth-order valence-electron chi connectivity index (χ4n) is 2.91. The average Bonchev–Trinajstić information content (AvgIpc) is 3.23. The molecule has 0 saturated heterocycles. The maximum Gasteiger partial charge on any atom is 0.252 e. The molecule has 1 aromatic carbocycles. The van der Waals surface area contributed by atoms with Gasteiger partial charge in [-0.2, -0.15) is 4.31 Å². The van der Waals surface area contributed by atoms with Crippen LogP contribution in [0.1, 0.15) is 11.3 Å². The first kappa shape index (κ1) is 17.1. The fraction of sp³-hybridized carbons (Fsp3) is 0.222. The highest BCUT2D eigenvalue weighted by Gasteiger charge is 2.30. The highest BCUT2D eigenvalue weighted by atomic mass is 32.2. The number of hydrogen-bond donors (Lipinski definition) is 0. The molecular formula is C18H17N3O3S2. The third-order valence-corrected chi connectivity index (χ3v) is 7.55. The molecule has 3 aromatic rings. The van der Waals surface area contributed by atoms with E-state index < -0.39 is 10.0 Å². The zero-order valence-corrected chi connectivity index (χ0v) is 15.8. The Morgan fingerprint density at radius 1 is 1.19 bits per heavy atom. The van der Waals surface area contributed by atoms with Crippen molar-refractivity contribution in [2.75, 3.05) is 13.7 Å². The number of fused-ring (bicyclic) bond motifs is 1. The van der Waals surface area contributed by atoms with Gasteiger partial charge in [0.1, 0.15) is 9.96 Å². The van der Waals surface area contributed by atoms with Gasteiger partial charge in [-0.1, -0.05) is 6.07 Å². The van der Waals surface area contributed by atoms with E-state index in [4.69, 9.17) is 4.74 Å². The quantitative estimate of drug-likeness (QED) is 0.688. The summed E-state index contributed by atoms with van der Waals surface area (Å²) in [6, 6.07) is 11.0. The van der Waals surface area contributed by atoms with Crippen LogP contribution in [0.3, 0.4) is 0 Å². The molecule has 2 aromatic heterocycles. The van der Waals surface area contributed by atoms with Gasteiger partial charge in [0.25, 0.3) is 10.0 Å². The van der Waals surface area contributed by atoms with Crippen LogP contribution in [0.25, 0.3) is 11.4 Å². The topological polar surface area (TPSA) is 72.4 Å². The Morgan fingerprint density at radius 3 is 2.69 bits per heavy atom. The number of hydrogen-bond acceptors (Lipinski definition) is 6. The Hall–Kier alpha value is -2.29. The van der Waals surface area contributed by atoms with E-state index in [1.807, 2.05) is 24.3 Å². The molecular weight excluding hydrogens is 370 g/mol. The minimum Gasteiger partial charge on any atom is -0.497 e. The summed E-state index contributed by atoms with van der Waals surface area (Å²) in [5.41, 5.74) is 2.67. The first-order chi connectivity index (χ1) is 12.6. The molecule has 3 heterocycles. The lowest BCUT2D eigenvalue weighted by molar-refractivity contribution is 0.388. The molecule has 0 N–H and O–H groups in total. The van der Waals surface area contributed by atoms with Crippen LogP contribution in [0, 0.1) is 0 Å². The molecule has 8 heteroatoms. The van der Waals surface area contributed by atoms with Crippen LogP contribution in [0.4, 0.5) is 0 Å². The Kier molecular flexibility index (Phi) is 4.47. The van der Waals surface area contributed by atoms with Gasteiger partial charge in [-0.15, -0.1) is 11.3 Å². The predicted molar refractivity (Wildman–Crippen MR) is 99.6 cm³/mol. The second-order valence-electron chi connectivity index (χ2n) is 5.91. The normalized spacial score (nSPS) is 14.8. The maximum absolute atomic E-state index is 12.7. The first-order valence-corrected chi connectivity index (χ1v) is 10.4. The number of thiophene rings is 1. The number of nitrogens with zero attached hydrogens (tertiary/aromatic N) is 3. The van der Waals surface area contributed by atoms with Crippen LogP contribution in [-0.4, -0.2) is 36.3 Å². The Balaban J connectivity index is 1.59. The molecule has 0 radical (unpaired) electrons. The lowest BCUT2D eigenvalue weighted by atomic mass is 10.1. The van der Waals surface area contributed by atoms with E-state index >= 15 is 0 Å². The average molecular weight is 387 g/mol. The summed E-state index contributed by atoms with van der Waals surface area (Å²) in [6.45, 7) is 0.727. The minimum absolute atomic E-state index is 0.304. The van der Waals surface area contributed by atoms with Gasteiger partial charge in [0, 0.05) is 36.8 Å². The van der Waals surface area contributed by atoms with Crippen molar-refractivity contribution < 1.29 is 13.2 Å². The van der Waals surface area contributed by atoms with Crippen molar-refractivity contribution in [1.82, 2.24) is 14.3 Å². The molecule has 6 nitrogen and oxygen atoms in total. The molecule has 0 atom stereocenters. The van der Waals surface area contributed by atoms with Crippen LogP contribution in [-0.2, 0) is 23.0 Å². The van der Waals surface area contributed by atoms with Gasteiger partial charge >= 0.3 is 0 Å². The first-order valence-electron chi connectivity index (χ1n) is 8.11. The maximum atomic E-state index is 12.7. The third kappa shape index (κ3) is 3.11. The van der Waals surface area contributed by atoms with Crippen LogP contribution in [0.2, 0.25) is 0 Å². The minimum atomic E-state index is -3.45. The smallest absolute Gasteiger partial charge is 0.252 e. The van der Waals surface area contributed by atoms with E-state index in [1.54, 1.807) is 30.8 Å². The van der Waals surface area contributed by atoms with Crippen molar-refractivity contribution in [2.24, 2.45) is 0 Å². The molecule has 0 spiro atoms. The van der Waals surface area contributed by atoms with Crippen molar-refractivity contribution in [2.45, 2.75) is 17.2 Å². The van der Waals surface area contributed by atoms with Gasteiger partial charge in [-0.25, -0.2) is 18.4 Å². The number of methoxy groups -OCH3 is 1. The van der Waals surface area contributed by atoms with E-state index in [2.05, 4.69) is 9.97 Å². The van der Waals surface area contributed by atoms with E-state index in [9.17, 15) is 8.42 Å². The van der Waals surface area contributed by atoms with Crippen molar-refractivity contribution in [3.63, 3.8) is 0 Å². The molecule has 1 aliphatic rings. The molecule has 26 heavy (non-hydrogen) atoms. The van der Waals surface area contributed by atoms with Gasteiger partial charge in [0.2, 0.25) is 0 Å². The number of ether oxygens (including phenoxy) is 1. The van der Waals surface area contributed by atoms with Gasteiger partial charge in [0.15, 0.2) is 5.82 Å². The second-order valence-corrected chi connectivity index (χ2v) is 9.03. The lowest BCUT2D eigenvalue weighted by Gasteiger charge is -2.26. The van der Waals surface area contributed by atoms with Crippen LogP contribution in [0.15, 0.2) is 52.2 Å². The molecule has 0 bridgehead atoms. The molecule has 4 rings (SSSR count). The molecule has 0 unspecified atom stereocenters. The summed E-state index contributed by atoms with van der Waals surface area (Å²) < 4.78 is 32.4. The Labute approximate surface area is 156 Å². The number of rotatable bonds is 4. The monoisotopic (exact) mass is 387 g/mol. The number of sulfonamides is 1. The van der Waals surface area contributed by atoms with Crippen molar-refractivity contribution in [1.29, 1.82) is 0 Å². The predicted octanol–water partition coefficient (Wildman–Crippen LogP) is 2.96. The van der Waals surface area contributed by atoms with E-state index in [0.717, 1.165) is 22.6 Å². The van der Waals surface area contributed by atoms with Crippen molar-refractivity contribution >= 4 is 21.4 Å². The second kappa shape index (κ2) is 6.79. The standard InChI is InChI=1S/C18H17N3O3S2/c1-24-15-6-4-13(5-7-15)18-19-11-14-12-21(9-8-16(14)20-18)26(22,23)17-3-2-10-25-17/h2-7,10-11H,8-9,12H2,1H3. The molecule has 1 aliphatic heterocycles. The largest absolute Gasteiger partial charge is 0.497 e. The van der Waals surface area contributed by atoms with Gasteiger partial charge in [-0.3, -0.25) is 0 Å².